The van der Waals surface area contributed by atoms with Gasteiger partial charge in [-0.15, -0.1) is 0 Å². The van der Waals surface area contributed by atoms with Crippen molar-refractivity contribution in [1.29, 1.82) is 0 Å². The van der Waals surface area contributed by atoms with Gasteiger partial charge in [-0.3, -0.25) is 4.79 Å². The van der Waals surface area contributed by atoms with Crippen molar-refractivity contribution in [3.05, 3.63) is 42.7 Å². The highest BCUT2D eigenvalue weighted by atomic mass is 16.5. The van der Waals surface area contributed by atoms with Crippen molar-refractivity contribution in [2.24, 2.45) is 0 Å². The van der Waals surface area contributed by atoms with Gasteiger partial charge in [0.25, 0.3) is 0 Å². The van der Waals surface area contributed by atoms with Gasteiger partial charge < -0.3 is 14.6 Å². The molecule has 0 radical (unpaired) electrons. The average molecular weight is 279 g/mol. The van der Waals surface area contributed by atoms with Crippen LogP contribution in [0.1, 0.15) is 0 Å². The van der Waals surface area contributed by atoms with Gasteiger partial charge in [0, 0.05) is 28.9 Å². The summed E-state index contributed by atoms with van der Waals surface area (Å²) in [6.45, 7) is 1.03. The summed E-state index contributed by atoms with van der Waals surface area (Å²) in [4.78, 5) is 20.4. The van der Waals surface area contributed by atoms with E-state index >= 15 is 0 Å². The fourth-order valence-electron chi connectivity index (χ4n) is 2.71. The Hall–Kier alpha value is -2.82. The number of aromatic amines is 1. The molecule has 1 N–H and O–H groups in total. The minimum Gasteiger partial charge on any atom is -0.474 e. The molecule has 5 nitrogen and oxygen atoms in total. The molecule has 1 amide bonds. The summed E-state index contributed by atoms with van der Waals surface area (Å²) in [6, 6.07) is 10.1. The predicted octanol–water partition coefficient (Wildman–Crippen LogP) is 2.59. The number of pyridine rings is 1. The van der Waals surface area contributed by atoms with Crippen molar-refractivity contribution in [3.8, 4) is 17.0 Å². The molecule has 5 heteroatoms. The first-order chi connectivity index (χ1) is 10.4. The number of carbonyl (C=O) groups excluding carboxylic acids is 1. The molecule has 0 unspecified atom stereocenters. The van der Waals surface area contributed by atoms with Gasteiger partial charge in [0.2, 0.25) is 12.3 Å². The van der Waals surface area contributed by atoms with Crippen molar-refractivity contribution in [2.45, 2.75) is 0 Å². The Morgan fingerprint density at radius 3 is 3.19 bits per heavy atom. The van der Waals surface area contributed by atoms with E-state index in [-0.39, 0.29) is 0 Å². The number of H-pyrrole nitrogens is 1. The lowest BCUT2D eigenvalue weighted by molar-refractivity contribution is -0.107. The highest BCUT2D eigenvalue weighted by Crippen LogP contribution is 2.35. The van der Waals surface area contributed by atoms with E-state index in [1.54, 1.807) is 11.1 Å². The van der Waals surface area contributed by atoms with Crippen molar-refractivity contribution in [3.63, 3.8) is 0 Å². The van der Waals surface area contributed by atoms with E-state index in [0.29, 0.717) is 19.0 Å². The number of rotatable bonds is 2. The van der Waals surface area contributed by atoms with E-state index in [4.69, 9.17) is 4.74 Å². The molecule has 1 aliphatic rings. The lowest BCUT2D eigenvalue weighted by Crippen LogP contribution is -2.31. The first-order valence-corrected chi connectivity index (χ1v) is 6.78. The minimum atomic E-state index is 0.478. The molecule has 0 spiro atoms. The molecule has 0 fully saturated rings. The predicted molar refractivity (Wildman–Crippen MR) is 80.4 cm³/mol. The zero-order chi connectivity index (χ0) is 14.2. The van der Waals surface area contributed by atoms with Gasteiger partial charge >= 0.3 is 0 Å². The average Bonchev–Trinajstić information content (AvgIpc) is 3.02. The molecule has 3 aromatic rings. The number of ether oxygens (including phenoxy) is 1. The van der Waals surface area contributed by atoms with Crippen LogP contribution >= 0.6 is 0 Å². The molecule has 0 saturated heterocycles. The Balaban J connectivity index is 1.90. The van der Waals surface area contributed by atoms with Crippen molar-refractivity contribution in [2.75, 3.05) is 18.1 Å². The number of amides is 1. The number of hydrogen-bond donors (Lipinski definition) is 1. The van der Waals surface area contributed by atoms with E-state index in [9.17, 15) is 4.79 Å². The third-order valence-electron chi connectivity index (χ3n) is 3.75. The number of anilines is 1. The molecule has 2 aromatic heterocycles. The number of hydrogen-bond acceptors (Lipinski definition) is 3. The van der Waals surface area contributed by atoms with Crippen molar-refractivity contribution < 1.29 is 9.53 Å². The fraction of sp³-hybridized carbons (Fsp3) is 0.125. The van der Waals surface area contributed by atoms with Gasteiger partial charge in [-0.25, -0.2) is 4.98 Å². The van der Waals surface area contributed by atoms with Crippen LogP contribution in [0.2, 0.25) is 0 Å². The number of aromatic nitrogens is 2. The van der Waals surface area contributed by atoms with E-state index in [1.165, 1.54) is 0 Å². The SMILES string of the molecule is O=CN1CCOc2ncc(-c3cccc4[nH]ccc34)cc21. The monoisotopic (exact) mass is 279 g/mol. The molecular weight excluding hydrogens is 266 g/mol. The zero-order valence-corrected chi connectivity index (χ0v) is 11.2. The molecular formula is C16H13N3O2. The molecule has 0 bridgehead atoms. The van der Waals surface area contributed by atoms with Gasteiger partial charge in [0.1, 0.15) is 12.3 Å². The van der Waals surface area contributed by atoms with Crippen LogP contribution in [0.4, 0.5) is 5.69 Å². The highest BCUT2D eigenvalue weighted by Gasteiger charge is 2.20. The highest BCUT2D eigenvalue weighted by molar-refractivity contribution is 5.96. The van der Waals surface area contributed by atoms with E-state index < -0.39 is 0 Å². The van der Waals surface area contributed by atoms with E-state index in [0.717, 1.165) is 34.1 Å². The van der Waals surface area contributed by atoms with E-state index in [1.807, 2.05) is 30.5 Å². The summed E-state index contributed by atoms with van der Waals surface area (Å²) >= 11 is 0. The Morgan fingerprint density at radius 2 is 2.29 bits per heavy atom. The Bertz CT molecular complexity index is 825. The number of benzene rings is 1. The van der Waals surface area contributed by atoms with Gasteiger partial charge in [-0.2, -0.15) is 0 Å². The molecule has 0 atom stereocenters. The van der Waals surface area contributed by atoms with Gasteiger partial charge in [-0.05, 0) is 23.8 Å². The first kappa shape index (κ1) is 12.0. The Morgan fingerprint density at radius 1 is 1.33 bits per heavy atom. The molecule has 4 rings (SSSR count). The second kappa shape index (κ2) is 4.63. The summed E-state index contributed by atoms with van der Waals surface area (Å²) in [5.74, 6) is 0.512. The van der Waals surface area contributed by atoms with Crippen molar-refractivity contribution >= 4 is 23.0 Å². The second-order valence-corrected chi connectivity index (χ2v) is 4.94. The lowest BCUT2D eigenvalue weighted by Gasteiger charge is -2.25. The summed E-state index contributed by atoms with van der Waals surface area (Å²) < 4.78 is 5.50. The topological polar surface area (TPSA) is 58.2 Å². The van der Waals surface area contributed by atoms with Crippen LogP contribution in [-0.2, 0) is 4.79 Å². The van der Waals surface area contributed by atoms with E-state index in [2.05, 4.69) is 16.0 Å². The van der Waals surface area contributed by atoms with Gasteiger partial charge in [0.05, 0.1) is 6.54 Å². The number of nitrogens with one attached hydrogen (secondary N) is 1. The Labute approximate surface area is 121 Å². The van der Waals surface area contributed by atoms with Crippen LogP contribution in [0.5, 0.6) is 5.88 Å². The van der Waals surface area contributed by atoms with Crippen molar-refractivity contribution in [1.82, 2.24) is 9.97 Å². The third-order valence-corrected chi connectivity index (χ3v) is 3.75. The Kier molecular flexibility index (Phi) is 2.64. The van der Waals surface area contributed by atoms with Crippen LogP contribution in [0, 0.1) is 0 Å². The summed E-state index contributed by atoms with van der Waals surface area (Å²) in [5.41, 5.74) is 3.85. The van der Waals surface area contributed by atoms with Gasteiger partial charge in [-0.1, -0.05) is 12.1 Å². The van der Waals surface area contributed by atoms with Crippen LogP contribution < -0.4 is 9.64 Å². The third kappa shape index (κ3) is 1.86. The molecule has 0 aliphatic carbocycles. The normalized spacial score (nSPS) is 13.8. The molecule has 3 heterocycles. The molecule has 104 valence electrons. The summed E-state index contributed by atoms with van der Waals surface area (Å²) in [5, 5.41) is 1.13. The molecule has 0 saturated carbocycles. The largest absolute Gasteiger partial charge is 0.474 e. The van der Waals surface area contributed by atoms with Crippen LogP contribution in [0.3, 0.4) is 0 Å². The number of fused-ring (bicyclic) bond motifs is 2. The smallest absolute Gasteiger partial charge is 0.238 e. The van der Waals surface area contributed by atoms with Crippen LogP contribution in [-0.4, -0.2) is 29.5 Å². The number of nitrogens with zero attached hydrogens (tertiary/aromatic N) is 2. The minimum absolute atomic E-state index is 0.478. The maximum absolute atomic E-state index is 11.2. The maximum atomic E-state index is 11.2. The molecule has 21 heavy (non-hydrogen) atoms. The lowest BCUT2D eigenvalue weighted by atomic mass is 10.0. The molecule has 1 aromatic carbocycles. The summed E-state index contributed by atoms with van der Waals surface area (Å²) in [6.07, 6.45) is 4.53. The quantitative estimate of drug-likeness (QED) is 0.733. The zero-order valence-electron chi connectivity index (χ0n) is 11.2. The van der Waals surface area contributed by atoms with Crippen LogP contribution in [0.15, 0.2) is 42.7 Å². The second-order valence-electron chi connectivity index (χ2n) is 4.94. The number of carbonyl (C=O) groups is 1. The fourth-order valence-corrected chi connectivity index (χ4v) is 2.71. The van der Waals surface area contributed by atoms with Crippen LogP contribution in [0.25, 0.3) is 22.0 Å². The standard InChI is InChI=1S/C16H13N3O2/c20-10-19-6-7-21-16-15(19)8-11(9-18-16)12-2-1-3-14-13(12)4-5-17-14/h1-5,8-10,17H,6-7H2. The summed E-state index contributed by atoms with van der Waals surface area (Å²) in [7, 11) is 0. The van der Waals surface area contributed by atoms with Gasteiger partial charge in [0.15, 0.2) is 0 Å². The molecule has 1 aliphatic heterocycles. The maximum Gasteiger partial charge on any atom is 0.238 e. The first-order valence-electron chi connectivity index (χ1n) is 6.78.